The molecule has 1 amide bonds. The van der Waals surface area contributed by atoms with E-state index in [1.54, 1.807) is 31.2 Å². The summed E-state index contributed by atoms with van der Waals surface area (Å²) in [5.74, 6) is 0.798. The van der Waals surface area contributed by atoms with E-state index in [2.05, 4.69) is 19.2 Å². The summed E-state index contributed by atoms with van der Waals surface area (Å²) in [7, 11) is -3.24. The molecule has 0 saturated carbocycles. The fourth-order valence-electron chi connectivity index (χ4n) is 2.97. The maximum absolute atomic E-state index is 12.7. The van der Waals surface area contributed by atoms with Crippen molar-refractivity contribution in [2.45, 2.75) is 57.1 Å². The number of ether oxygens (including phenoxy) is 1. The minimum absolute atomic E-state index is 0.211. The lowest BCUT2D eigenvalue weighted by atomic mass is 10.0. The lowest BCUT2D eigenvalue weighted by molar-refractivity contribution is -0.128. The molecule has 0 unspecified atom stereocenters. The van der Waals surface area contributed by atoms with Gasteiger partial charge in [-0.2, -0.15) is 0 Å². The molecule has 152 valence electrons. The average molecular weight is 404 g/mol. The highest BCUT2D eigenvalue weighted by atomic mass is 32.2. The van der Waals surface area contributed by atoms with Gasteiger partial charge in [0.05, 0.1) is 10.9 Å². The van der Waals surface area contributed by atoms with Crippen LogP contribution >= 0.6 is 0 Å². The summed E-state index contributed by atoms with van der Waals surface area (Å²) in [6.07, 6.45) is 1.21. The zero-order valence-electron chi connectivity index (χ0n) is 17.1. The summed E-state index contributed by atoms with van der Waals surface area (Å²) in [6.45, 7) is 7.86. The maximum atomic E-state index is 12.7. The summed E-state index contributed by atoms with van der Waals surface area (Å²) < 4.78 is 29.1. The van der Waals surface area contributed by atoms with Gasteiger partial charge in [0.25, 0.3) is 5.91 Å². The number of sulfone groups is 1. The Morgan fingerprint density at radius 2 is 1.64 bits per heavy atom. The van der Waals surface area contributed by atoms with E-state index in [4.69, 9.17) is 4.74 Å². The molecule has 0 aliphatic rings. The summed E-state index contributed by atoms with van der Waals surface area (Å²) in [4.78, 5) is 12.9. The predicted molar refractivity (Wildman–Crippen MR) is 111 cm³/mol. The van der Waals surface area contributed by atoms with Crippen LogP contribution in [0.4, 0.5) is 0 Å². The van der Waals surface area contributed by atoms with Gasteiger partial charge >= 0.3 is 0 Å². The lowest BCUT2D eigenvalue weighted by Crippen LogP contribution is -2.38. The van der Waals surface area contributed by atoms with Crippen LogP contribution in [0.1, 0.15) is 57.2 Å². The van der Waals surface area contributed by atoms with Crippen LogP contribution in [0.5, 0.6) is 5.75 Å². The van der Waals surface area contributed by atoms with Gasteiger partial charge in [-0.3, -0.25) is 4.79 Å². The molecule has 28 heavy (non-hydrogen) atoms. The fraction of sp³-hybridized carbons (Fsp3) is 0.409. The molecular weight excluding hydrogens is 374 g/mol. The van der Waals surface area contributed by atoms with E-state index in [0.29, 0.717) is 18.1 Å². The SMILES string of the molecule is CC[C@H](NC(=O)[C@H](C)Oc1ccccc1C(C)C)c1ccc(S(C)(=O)=O)cc1. The highest BCUT2D eigenvalue weighted by Gasteiger charge is 2.21. The number of carbonyl (C=O) groups excluding carboxylic acids is 1. The average Bonchev–Trinajstić information content (AvgIpc) is 2.65. The van der Waals surface area contributed by atoms with Crippen LogP contribution in [0.15, 0.2) is 53.4 Å². The lowest BCUT2D eigenvalue weighted by Gasteiger charge is -2.22. The molecule has 2 aromatic carbocycles. The molecule has 2 rings (SSSR count). The van der Waals surface area contributed by atoms with Gasteiger partial charge in [0, 0.05) is 6.26 Å². The summed E-state index contributed by atoms with van der Waals surface area (Å²) in [5.41, 5.74) is 1.92. The van der Waals surface area contributed by atoms with Crippen molar-refractivity contribution < 1.29 is 17.9 Å². The molecule has 0 aromatic heterocycles. The van der Waals surface area contributed by atoms with E-state index in [0.717, 1.165) is 11.1 Å². The first-order chi connectivity index (χ1) is 13.1. The van der Waals surface area contributed by atoms with Crippen LogP contribution in [0.2, 0.25) is 0 Å². The number of carbonyl (C=O) groups is 1. The summed E-state index contributed by atoms with van der Waals surface area (Å²) >= 11 is 0. The number of benzene rings is 2. The molecule has 0 fully saturated rings. The Hall–Kier alpha value is -2.34. The van der Waals surface area contributed by atoms with Crippen molar-refractivity contribution in [2.24, 2.45) is 0 Å². The van der Waals surface area contributed by atoms with E-state index in [1.165, 1.54) is 6.26 Å². The second-order valence-corrected chi connectivity index (χ2v) is 9.28. The highest BCUT2D eigenvalue weighted by Crippen LogP contribution is 2.27. The second kappa shape index (κ2) is 9.24. The van der Waals surface area contributed by atoms with Crippen molar-refractivity contribution in [1.29, 1.82) is 0 Å². The zero-order valence-corrected chi connectivity index (χ0v) is 17.9. The molecule has 2 atom stereocenters. The molecule has 0 aliphatic heterocycles. The van der Waals surface area contributed by atoms with Crippen molar-refractivity contribution in [2.75, 3.05) is 6.26 Å². The van der Waals surface area contributed by atoms with E-state index < -0.39 is 15.9 Å². The van der Waals surface area contributed by atoms with Gasteiger partial charge in [-0.05, 0) is 48.6 Å². The smallest absolute Gasteiger partial charge is 0.261 e. The van der Waals surface area contributed by atoms with E-state index >= 15 is 0 Å². The maximum Gasteiger partial charge on any atom is 0.261 e. The standard InChI is InChI=1S/C22H29NO4S/c1-6-20(17-11-13-18(14-12-17)28(5,25)26)23-22(24)16(4)27-21-10-8-7-9-19(21)15(2)3/h7-16,20H,6H2,1-5H3,(H,23,24)/t16-,20-/m0/s1. The van der Waals surface area contributed by atoms with Crippen molar-refractivity contribution >= 4 is 15.7 Å². The number of rotatable bonds is 8. The van der Waals surface area contributed by atoms with Gasteiger partial charge in [-0.25, -0.2) is 8.42 Å². The Labute approximate surface area is 168 Å². The molecule has 1 N–H and O–H groups in total. The topological polar surface area (TPSA) is 72.5 Å². The third kappa shape index (κ3) is 5.58. The number of hydrogen-bond donors (Lipinski definition) is 1. The molecule has 2 aromatic rings. The Morgan fingerprint density at radius 1 is 1.04 bits per heavy atom. The number of hydrogen-bond acceptors (Lipinski definition) is 4. The van der Waals surface area contributed by atoms with Crippen LogP contribution in [-0.2, 0) is 14.6 Å². The third-order valence-electron chi connectivity index (χ3n) is 4.65. The molecule has 0 saturated heterocycles. The van der Waals surface area contributed by atoms with E-state index in [1.807, 2.05) is 31.2 Å². The van der Waals surface area contributed by atoms with E-state index in [9.17, 15) is 13.2 Å². The van der Waals surface area contributed by atoms with Gasteiger partial charge in [0.2, 0.25) is 0 Å². The van der Waals surface area contributed by atoms with Crippen molar-refractivity contribution in [3.8, 4) is 5.75 Å². The number of amides is 1. The number of para-hydroxylation sites is 1. The van der Waals surface area contributed by atoms with Crippen molar-refractivity contribution in [3.05, 3.63) is 59.7 Å². The molecule has 6 heteroatoms. The highest BCUT2D eigenvalue weighted by molar-refractivity contribution is 7.90. The van der Waals surface area contributed by atoms with Crippen LogP contribution in [0, 0.1) is 0 Å². The zero-order chi connectivity index (χ0) is 20.9. The van der Waals surface area contributed by atoms with E-state index in [-0.39, 0.29) is 16.8 Å². The first kappa shape index (κ1) is 22.0. The second-order valence-electron chi connectivity index (χ2n) is 7.26. The minimum Gasteiger partial charge on any atom is -0.481 e. The van der Waals surface area contributed by atoms with Crippen LogP contribution in [0.25, 0.3) is 0 Å². The Balaban J connectivity index is 2.09. The first-order valence-electron chi connectivity index (χ1n) is 9.49. The van der Waals surface area contributed by atoms with Gasteiger partial charge in [0.15, 0.2) is 15.9 Å². The molecule has 0 aliphatic carbocycles. The quantitative estimate of drug-likeness (QED) is 0.715. The first-order valence-corrected chi connectivity index (χ1v) is 11.4. The molecule has 5 nitrogen and oxygen atoms in total. The van der Waals surface area contributed by atoms with Gasteiger partial charge < -0.3 is 10.1 Å². The van der Waals surface area contributed by atoms with Crippen LogP contribution < -0.4 is 10.1 Å². The molecule has 0 bridgehead atoms. The number of nitrogens with one attached hydrogen (secondary N) is 1. The Bertz CT molecular complexity index is 904. The van der Waals surface area contributed by atoms with Crippen molar-refractivity contribution in [3.63, 3.8) is 0 Å². The fourth-order valence-corrected chi connectivity index (χ4v) is 3.60. The third-order valence-corrected chi connectivity index (χ3v) is 5.78. The normalized spacial score (nSPS) is 13.8. The largest absolute Gasteiger partial charge is 0.481 e. The van der Waals surface area contributed by atoms with Crippen LogP contribution in [0.3, 0.4) is 0 Å². The monoisotopic (exact) mass is 403 g/mol. The molecule has 0 radical (unpaired) electrons. The Morgan fingerprint density at radius 3 is 2.18 bits per heavy atom. The van der Waals surface area contributed by atoms with Gasteiger partial charge in [-0.15, -0.1) is 0 Å². The molecular formula is C22H29NO4S. The predicted octanol–water partition coefficient (Wildman–Crippen LogP) is 4.25. The summed E-state index contributed by atoms with van der Waals surface area (Å²) in [6, 6.07) is 14.1. The minimum atomic E-state index is -3.24. The van der Waals surface area contributed by atoms with Gasteiger partial charge in [0.1, 0.15) is 5.75 Å². The van der Waals surface area contributed by atoms with Crippen LogP contribution in [-0.4, -0.2) is 26.7 Å². The molecule has 0 spiro atoms. The molecule has 0 heterocycles. The van der Waals surface area contributed by atoms with Gasteiger partial charge in [-0.1, -0.05) is 51.1 Å². The summed E-state index contributed by atoms with van der Waals surface area (Å²) in [5, 5.41) is 3.00. The Kier molecular flexibility index (Phi) is 7.24. The van der Waals surface area contributed by atoms with Crippen molar-refractivity contribution in [1.82, 2.24) is 5.32 Å².